The van der Waals surface area contributed by atoms with E-state index < -0.39 is 0 Å². The second-order valence-electron chi connectivity index (χ2n) is 10.7. The van der Waals surface area contributed by atoms with Gasteiger partial charge in [-0.3, -0.25) is 0 Å². The summed E-state index contributed by atoms with van der Waals surface area (Å²) in [6, 6.07) is 24.4. The van der Waals surface area contributed by atoms with Crippen LogP contribution in [0.5, 0.6) is 0 Å². The summed E-state index contributed by atoms with van der Waals surface area (Å²) in [5, 5.41) is 11.9. The number of anilines is 1. The molecule has 2 nitrogen and oxygen atoms in total. The fourth-order valence-corrected chi connectivity index (χ4v) is 7.30. The maximum atomic E-state index is 9.27. The Balaban J connectivity index is 1.36. The molecule has 35 heavy (non-hydrogen) atoms. The second-order valence-corrected chi connectivity index (χ2v) is 10.7. The normalized spacial score (nSPS) is 25.7. The number of hydrogen-bond acceptors (Lipinski definition) is 2. The minimum atomic E-state index is 0.339. The molecule has 168 valence electrons. The standard InChI is InChI=1S/C33H26N2/c34-19-20-9-11-21(12-10-20)26-15-29-27-13-22-5-1-3-7-24(22)17-31(27)35-32-18-25-8-4-2-6-23(25)14-28(32)30(16-26)33(29)35/h1,3,5,7,9-17,25,29,33H,2,4,6,8,18H2. The van der Waals surface area contributed by atoms with Gasteiger partial charge >= 0.3 is 0 Å². The molecule has 1 saturated carbocycles. The zero-order chi connectivity index (χ0) is 23.1. The highest BCUT2D eigenvalue weighted by molar-refractivity contribution is 5.94. The van der Waals surface area contributed by atoms with Crippen molar-refractivity contribution in [3.05, 3.63) is 118 Å². The van der Waals surface area contributed by atoms with Crippen LogP contribution >= 0.6 is 0 Å². The van der Waals surface area contributed by atoms with E-state index in [1.807, 2.05) is 12.1 Å². The summed E-state index contributed by atoms with van der Waals surface area (Å²) in [7, 11) is 0. The van der Waals surface area contributed by atoms with Gasteiger partial charge in [0.25, 0.3) is 0 Å². The number of fused-ring (bicyclic) bond motifs is 7. The minimum Gasteiger partial charge on any atom is -0.336 e. The lowest BCUT2D eigenvalue weighted by Crippen LogP contribution is -2.31. The van der Waals surface area contributed by atoms with Gasteiger partial charge in [-0.1, -0.05) is 60.5 Å². The third-order valence-electron chi connectivity index (χ3n) is 8.94. The Morgan fingerprint density at radius 3 is 2.57 bits per heavy atom. The lowest BCUT2D eigenvalue weighted by atomic mass is 9.74. The van der Waals surface area contributed by atoms with Gasteiger partial charge in [0, 0.05) is 17.3 Å². The van der Waals surface area contributed by atoms with Gasteiger partial charge in [0.2, 0.25) is 0 Å². The van der Waals surface area contributed by atoms with Crippen molar-refractivity contribution in [3.63, 3.8) is 0 Å². The lowest BCUT2D eigenvalue weighted by molar-refractivity contribution is 0.441. The molecule has 3 atom stereocenters. The highest BCUT2D eigenvalue weighted by Gasteiger charge is 2.50. The Bertz CT molecular complexity index is 1590. The Morgan fingerprint density at radius 2 is 1.74 bits per heavy atom. The predicted molar refractivity (Wildman–Crippen MR) is 142 cm³/mol. The van der Waals surface area contributed by atoms with Crippen LogP contribution in [0.1, 0.15) is 54.7 Å². The number of hydrogen-bond donors (Lipinski definition) is 0. The summed E-state index contributed by atoms with van der Waals surface area (Å²) in [5.41, 5.74) is 12.3. The number of rotatable bonds is 1. The van der Waals surface area contributed by atoms with Crippen molar-refractivity contribution in [2.24, 2.45) is 5.92 Å². The predicted octanol–water partition coefficient (Wildman–Crippen LogP) is 7.80. The molecule has 0 amide bonds. The number of nitrogens with zero attached hydrogens (tertiary/aromatic N) is 2. The molecule has 5 aliphatic rings. The molecule has 0 N–H and O–H groups in total. The molecule has 0 spiro atoms. The molecular formula is C33H26N2. The summed E-state index contributed by atoms with van der Waals surface area (Å²) in [6.07, 6.45) is 14.0. The van der Waals surface area contributed by atoms with Gasteiger partial charge in [-0.05, 0) is 101 Å². The van der Waals surface area contributed by atoms with Crippen molar-refractivity contribution in [1.82, 2.24) is 0 Å². The van der Waals surface area contributed by atoms with E-state index in [0.29, 0.717) is 17.5 Å². The van der Waals surface area contributed by atoms with Gasteiger partial charge in [-0.15, -0.1) is 0 Å². The second kappa shape index (κ2) is 7.09. The summed E-state index contributed by atoms with van der Waals surface area (Å²) in [4.78, 5) is 2.71. The lowest BCUT2D eigenvalue weighted by Gasteiger charge is -2.33. The molecule has 1 fully saturated rings. The van der Waals surface area contributed by atoms with E-state index in [0.717, 1.165) is 5.92 Å². The first-order chi connectivity index (χ1) is 17.3. The topological polar surface area (TPSA) is 27.0 Å². The van der Waals surface area contributed by atoms with Crippen LogP contribution in [0.25, 0.3) is 16.3 Å². The first-order valence-electron chi connectivity index (χ1n) is 13.0. The van der Waals surface area contributed by atoms with Gasteiger partial charge < -0.3 is 4.90 Å². The average molecular weight is 451 g/mol. The van der Waals surface area contributed by atoms with Crippen molar-refractivity contribution in [3.8, 4) is 6.07 Å². The SMILES string of the molecule is N#Cc1ccc(C2=CC3c4cc5ccccc5cc4N4C5=C(C=C6CCCCC6C5)C(=C2)C34)cc1. The molecule has 2 aliphatic heterocycles. The van der Waals surface area contributed by atoms with Crippen LogP contribution < -0.4 is 4.90 Å². The molecule has 0 saturated heterocycles. The van der Waals surface area contributed by atoms with Crippen LogP contribution in [0.3, 0.4) is 0 Å². The van der Waals surface area contributed by atoms with E-state index in [2.05, 4.69) is 77.7 Å². The van der Waals surface area contributed by atoms with Crippen molar-refractivity contribution in [2.45, 2.75) is 44.1 Å². The van der Waals surface area contributed by atoms with Crippen LogP contribution in [-0.2, 0) is 0 Å². The monoisotopic (exact) mass is 450 g/mol. The highest BCUT2D eigenvalue weighted by atomic mass is 15.2. The molecule has 0 radical (unpaired) electrons. The molecule has 0 aromatic heterocycles. The fourth-order valence-electron chi connectivity index (χ4n) is 7.30. The van der Waals surface area contributed by atoms with Crippen LogP contribution in [0, 0.1) is 17.2 Å². The van der Waals surface area contributed by atoms with Crippen molar-refractivity contribution in [1.29, 1.82) is 5.26 Å². The van der Waals surface area contributed by atoms with Crippen LogP contribution in [0.2, 0.25) is 0 Å². The fraction of sp³-hybridized carbons (Fsp3) is 0.242. The van der Waals surface area contributed by atoms with Gasteiger partial charge in [-0.2, -0.15) is 5.26 Å². The Kier molecular flexibility index (Phi) is 3.95. The Hall–Kier alpha value is -3.83. The summed E-state index contributed by atoms with van der Waals surface area (Å²) < 4.78 is 0. The molecule has 0 bridgehead atoms. The Morgan fingerprint density at radius 1 is 0.914 bits per heavy atom. The van der Waals surface area contributed by atoms with E-state index in [-0.39, 0.29) is 0 Å². The van der Waals surface area contributed by atoms with E-state index in [4.69, 9.17) is 0 Å². The van der Waals surface area contributed by atoms with E-state index >= 15 is 0 Å². The third kappa shape index (κ3) is 2.70. The molecule has 3 aromatic carbocycles. The third-order valence-corrected chi connectivity index (χ3v) is 8.94. The van der Waals surface area contributed by atoms with Gasteiger partial charge in [0.15, 0.2) is 0 Å². The molecule has 2 heterocycles. The smallest absolute Gasteiger partial charge is 0.0991 e. The van der Waals surface area contributed by atoms with E-state index in [1.165, 1.54) is 76.4 Å². The number of benzene rings is 3. The van der Waals surface area contributed by atoms with E-state index in [1.54, 1.807) is 11.3 Å². The molecule has 3 aliphatic carbocycles. The van der Waals surface area contributed by atoms with E-state index in [9.17, 15) is 5.26 Å². The minimum absolute atomic E-state index is 0.339. The zero-order valence-corrected chi connectivity index (χ0v) is 19.7. The van der Waals surface area contributed by atoms with Gasteiger partial charge in [-0.25, -0.2) is 0 Å². The molecule has 2 heteroatoms. The first-order valence-corrected chi connectivity index (χ1v) is 13.0. The van der Waals surface area contributed by atoms with Crippen molar-refractivity contribution < 1.29 is 0 Å². The van der Waals surface area contributed by atoms with Crippen LogP contribution in [0.15, 0.2) is 101 Å². The summed E-state index contributed by atoms with van der Waals surface area (Å²) in [5.74, 6) is 1.06. The van der Waals surface area contributed by atoms with Crippen LogP contribution in [-0.4, -0.2) is 6.04 Å². The quantitative estimate of drug-likeness (QED) is 0.378. The summed E-state index contributed by atoms with van der Waals surface area (Å²) in [6.45, 7) is 0. The molecule has 8 rings (SSSR count). The largest absolute Gasteiger partial charge is 0.336 e. The molecule has 3 unspecified atom stereocenters. The number of allylic oxidation sites excluding steroid dienone is 5. The number of nitriles is 1. The Labute approximate surface area is 206 Å². The van der Waals surface area contributed by atoms with Crippen molar-refractivity contribution >= 4 is 22.0 Å². The average Bonchev–Trinajstić information content (AvgIpc) is 3.41. The van der Waals surface area contributed by atoms with Crippen LogP contribution in [0.4, 0.5) is 5.69 Å². The van der Waals surface area contributed by atoms with Crippen molar-refractivity contribution in [2.75, 3.05) is 4.90 Å². The molecule has 3 aromatic rings. The summed E-state index contributed by atoms with van der Waals surface area (Å²) >= 11 is 0. The maximum absolute atomic E-state index is 9.27. The maximum Gasteiger partial charge on any atom is 0.0991 e. The zero-order valence-electron chi connectivity index (χ0n) is 19.7. The molecular weight excluding hydrogens is 424 g/mol. The van der Waals surface area contributed by atoms with Gasteiger partial charge in [0.1, 0.15) is 0 Å². The highest BCUT2D eigenvalue weighted by Crippen LogP contribution is 2.59. The van der Waals surface area contributed by atoms with Gasteiger partial charge in [0.05, 0.1) is 17.7 Å². The first kappa shape index (κ1) is 19.5.